The number of carbonyl (C=O) groups excluding carboxylic acids is 1. The third-order valence-electron chi connectivity index (χ3n) is 7.54. The fraction of sp³-hybridized carbons (Fsp3) is 0.333. The van der Waals surface area contributed by atoms with Gasteiger partial charge in [0.25, 0.3) is 5.91 Å². The number of aromatic nitrogens is 5. The van der Waals surface area contributed by atoms with Crippen LogP contribution in [0.1, 0.15) is 30.3 Å². The zero-order chi connectivity index (χ0) is 27.0. The van der Waals surface area contributed by atoms with Crippen molar-refractivity contribution >= 4 is 51.8 Å². The molecule has 0 radical (unpaired) electrons. The minimum atomic E-state index is -0.395. The Hall–Kier alpha value is -3.38. The highest BCUT2D eigenvalue weighted by molar-refractivity contribution is 7.99. The fourth-order valence-electron chi connectivity index (χ4n) is 5.16. The largest absolute Gasteiger partial charge is 0.376 e. The molecule has 200 valence electrons. The Labute approximate surface area is 234 Å². The Kier molecular flexibility index (Phi) is 7.06. The number of piperidine rings is 1. The van der Waals surface area contributed by atoms with Gasteiger partial charge in [-0.3, -0.25) is 9.78 Å². The van der Waals surface area contributed by atoms with Crippen LogP contribution in [0, 0.1) is 5.41 Å². The quantitative estimate of drug-likeness (QED) is 0.341. The predicted octanol–water partition coefficient (Wildman–Crippen LogP) is 4.20. The van der Waals surface area contributed by atoms with Crippen molar-refractivity contribution in [2.75, 3.05) is 29.9 Å². The number of carbonyl (C=O) groups is 1. The maximum atomic E-state index is 12.5. The molecule has 5 heterocycles. The molecule has 0 bridgehead atoms. The van der Waals surface area contributed by atoms with Crippen LogP contribution in [0.5, 0.6) is 0 Å². The van der Waals surface area contributed by atoms with E-state index in [9.17, 15) is 4.79 Å². The van der Waals surface area contributed by atoms with Crippen molar-refractivity contribution in [1.29, 1.82) is 0 Å². The van der Waals surface area contributed by atoms with Crippen LogP contribution in [0.4, 0.5) is 11.5 Å². The average molecular weight is 563 g/mol. The molecule has 6 rings (SSSR count). The SMILES string of the molecule is C[C@@H]1OCC2(CCN(c3ccc4nc(Sc5cccc(NC(=O)c6cnccn6)c5Cl)ncc4n3)CC2)[C@@H]1N. The Morgan fingerprint density at radius 3 is 2.72 bits per heavy atom. The van der Waals surface area contributed by atoms with Gasteiger partial charge in [0, 0.05) is 41.8 Å². The second-order valence-electron chi connectivity index (χ2n) is 9.88. The highest BCUT2D eigenvalue weighted by Gasteiger charge is 2.47. The van der Waals surface area contributed by atoms with E-state index in [1.54, 1.807) is 12.3 Å². The molecule has 39 heavy (non-hydrogen) atoms. The van der Waals surface area contributed by atoms with Crippen molar-refractivity contribution in [3.8, 4) is 0 Å². The van der Waals surface area contributed by atoms with Crippen molar-refractivity contribution in [1.82, 2.24) is 24.9 Å². The molecule has 2 atom stereocenters. The van der Waals surface area contributed by atoms with E-state index in [2.05, 4.69) is 37.1 Å². The van der Waals surface area contributed by atoms with E-state index in [1.165, 1.54) is 30.4 Å². The summed E-state index contributed by atoms with van der Waals surface area (Å²) in [6.45, 7) is 4.58. The minimum absolute atomic E-state index is 0.0685. The molecular weight excluding hydrogens is 536 g/mol. The number of nitrogens with two attached hydrogens (primary N) is 1. The third kappa shape index (κ3) is 5.14. The van der Waals surface area contributed by atoms with E-state index in [0.29, 0.717) is 20.8 Å². The first kappa shape index (κ1) is 25.9. The highest BCUT2D eigenvalue weighted by atomic mass is 35.5. The smallest absolute Gasteiger partial charge is 0.275 e. The summed E-state index contributed by atoms with van der Waals surface area (Å²) in [7, 11) is 0. The molecular formula is C27H27ClN8O2S. The van der Waals surface area contributed by atoms with E-state index < -0.39 is 5.91 Å². The fourth-order valence-corrected chi connectivity index (χ4v) is 6.24. The summed E-state index contributed by atoms with van der Waals surface area (Å²) in [5.74, 6) is 0.519. The summed E-state index contributed by atoms with van der Waals surface area (Å²) in [6, 6.07) is 9.44. The van der Waals surface area contributed by atoms with E-state index >= 15 is 0 Å². The van der Waals surface area contributed by atoms with Gasteiger partial charge in [-0.15, -0.1) is 0 Å². The molecule has 2 saturated heterocycles. The average Bonchev–Trinajstić information content (AvgIpc) is 3.24. The number of hydrogen-bond donors (Lipinski definition) is 2. The number of fused-ring (bicyclic) bond motifs is 1. The second-order valence-corrected chi connectivity index (χ2v) is 11.3. The first-order valence-electron chi connectivity index (χ1n) is 12.7. The van der Waals surface area contributed by atoms with Crippen molar-refractivity contribution in [2.24, 2.45) is 11.1 Å². The van der Waals surface area contributed by atoms with Crippen molar-refractivity contribution in [2.45, 2.75) is 42.0 Å². The lowest BCUT2D eigenvalue weighted by Gasteiger charge is -2.41. The molecule has 12 heteroatoms. The lowest BCUT2D eigenvalue weighted by atomic mass is 9.73. The van der Waals surface area contributed by atoms with Gasteiger partial charge in [-0.1, -0.05) is 17.7 Å². The Bertz CT molecular complexity index is 1520. The minimum Gasteiger partial charge on any atom is -0.376 e. The molecule has 10 nitrogen and oxygen atoms in total. The number of nitrogens with zero attached hydrogens (tertiary/aromatic N) is 6. The van der Waals surface area contributed by atoms with Gasteiger partial charge < -0.3 is 20.7 Å². The Morgan fingerprint density at radius 1 is 1.13 bits per heavy atom. The highest BCUT2D eigenvalue weighted by Crippen LogP contribution is 2.42. The van der Waals surface area contributed by atoms with Gasteiger partial charge in [0.15, 0.2) is 5.16 Å². The predicted molar refractivity (Wildman–Crippen MR) is 150 cm³/mol. The summed E-state index contributed by atoms with van der Waals surface area (Å²) >= 11 is 7.93. The Morgan fingerprint density at radius 2 is 1.97 bits per heavy atom. The van der Waals surface area contributed by atoms with Gasteiger partial charge in [0.2, 0.25) is 0 Å². The summed E-state index contributed by atoms with van der Waals surface area (Å²) < 4.78 is 5.85. The van der Waals surface area contributed by atoms with E-state index in [1.807, 2.05) is 24.3 Å². The topological polar surface area (TPSA) is 132 Å². The molecule has 4 aromatic rings. The first-order valence-corrected chi connectivity index (χ1v) is 13.9. The monoisotopic (exact) mass is 562 g/mol. The second kappa shape index (κ2) is 10.6. The van der Waals surface area contributed by atoms with Crippen molar-refractivity contribution < 1.29 is 9.53 Å². The van der Waals surface area contributed by atoms with E-state index in [-0.39, 0.29) is 23.3 Å². The summed E-state index contributed by atoms with van der Waals surface area (Å²) in [6.07, 6.45) is 8.18. The lowest BCUT2D eigenvalue weighted by molar-refractivity contribution is 0.0974. The summed E-state index contributed by atoms with van der Waals surface area (Å²) in [5, 5.41) is 3.70. The normalized spacial score (nSPS) is 20.4. The van der Waals surface area contributed by atoms with Crippen LogP contribution in [0.15, 0.2) is 65.2 Å². The molecule has 0 unspecified atom stereocenters. The summed E-state index contributed by atoms with van der Waals surface area (Å²) in [5.41, 5.74) is 8.67. The molecule has 1 amide bonds. The number of halogens is 1. The van der Waals surface area contributed by atoms with Crippen molar-refractivity contribution in [3.63, 3.8) is 0 Å². The van der Waals surface area contributed by atoms with Gasteiger partial charge in [0.1, 0.15) is 17.0 Å². The number of hydrogen-bond acceptors (Lipinski definition) is 10. The van der Waals surface area contributed by atoms with Gasteiger partial charge in [-0.05, 0) is 55.8 Å². The number of benzene rings is 1. The van der Waals surface area contributed by atoms with Crippen LogP contribution in [-0.4, -0.2) is 62.7 Å². The maximum absolute atomic E-state index is 12.5. The zero-order valence-corrected chi connectivity index (χ0v) is 22.8. The number of nitrogens with one attached hydrogen (secondary N) is 1. The maximum Gasteiger partial charge on any atom is 0.275 e. The lowest BCUT2D eigenvalue weighted by Crippen LogP contribution is -2.50. The standard InChI is InChI=1S/C27H27ClN8O2S/c1-16-24(29)27(15-38-16)7-11-36(12-8-27)22-6-5-17-19(33-22)14-32-26(35-17)39-21-4-2-3-18(23(21)28)34-25(37)20-13-30-9-10-31-20/h2-6,9-10,13-14,16,24H,7-8,11-12,15,29H2,1H3,(H,34,37)/t16-,24+/m0/s1. The van der Waals surface area contributed by atoms with Gasteiger partial charge in [-0.2, -0.15) is 0 Å². The molecule has 3 N–H and O–H groups in total. The van der Waals surface area contributed by atoms with E-state index in [4.69, 9.17) is 27.1 Å². The Balaban J connectivity index is 1.15. The number of pyridine rings is 1. The summed E-state index contributed by atoms with van der Waals surface area (Å²) in [4.78, 5) is 37.5. The first-order chi connectivity index (χ1) is 18.9. The van der Waals surface area contributed by atoms with Crippen LogP contribution in [0.2, 0.25) is 5.02 Å². The van der Waals surface area contributed by atoms with Crippen LogP contribution < -0.4 is 16.0 Å². The zero-order valence-electron chi connectivity index (χ0n) is 21.2. The van der Waals surface area contributed by atoms with E-state index in [0.717, 1.165) is 49.4 Å². The van der Waals surface area contributed by atoms with Gasteiger partial charge in [0.05, 0.1) is 41.3 Å². The van der Waals surface area contributed by atoms with Crippen LogP contribution in [-0.2, 0) is 4.74 Å². The van der Waals surface area contributed by atoms with Crippen LogP contribution in [0.25, 0.3) is 11.0 Å². The van der Waals surface area contributed by atoms with Gasteiger partial charge >= 0.3 is 0 Å². The van der Waals surface area contributed by atoms with Gasteiger partial charge in [-0.25, -0.2) is 19.9 Å². The number of amides is 1. The number of anilines is 2. The molecule has 2 aliphatic heterocycles. The molecule has 3 aromatic heterocycles. The van der Waals surface area contributed by atoms with Crippen molar-refractivity contribution in [3.05, 3.63) is 65.8 Å². The third-order valence-corrected chi connectivity index (χ3v) is 9.00. The molecule has 1 aromatic carbocycles. The van der Waals surface area contributed by atoms with Crippen LogP contribution >= 0.6 is 23.4 Å². The molecule has 0 aliphatic carbocycles. The molecule has 2 fully saturated rings. The molecule has 1 spiro atoms. The van der Waals surface area contributed by atoms with Crippen LogP contribution in [0.3, 0.4) is 0 Å². The molecule has 0 saturated carbocycles. The molecule has 2 aliphatic rings. The number of rotatable bonds is 5. The number of ether oxygens (including phenoxy) is 1.